The number of carbonyl (C=O) groups excluding carboxylic acids is 2. The Hall–Kier alpha value is -4.20. The van der Waals surface area contributed by atoms with Crippen molar-refractivity contribution in [1.82, 2.24) is 9.88 Å². The summed E-state index contributed by atoms with van der Waals surface area (Å²) in [4.78, 5) is 31.4. The third kappa shape index (κ3) is 4.03. The van der Waals surface area contributed by atoms with E-state index in [9.17, 15) is 19.1 Å². The number of ketones is 1. The average Bonchev–Trinajstić information content (AvgIpc) is 3.08. The van der Waals surface area contributed by atoms with Gasteiger partial charge in [-0.05, 0) is 35.9 Å². The fourth-order valence-electron chi connectivity index (χ4n) is 3.89. The lowest BCUT2D eigenvalue weighted by atomic mass is 9.94. The molecule has 1 amide bonds. The molecule has 0 saturated carbocycles. The molecule has 33 heavy (non-hydrogen) atoms. The number of rotatable bonds is 6. The zero-order chi connectivity index (χ0) is 23.5. The van der Waals surface area contributed by atoms with E-state index in [1.165, 1.54) is 49.5 Å². The van der Waals surface area contributed by atoms with E-state index in [0.717, 1.165) is 0 Å². The van der Waals surface area contributed by atoms with E-state index in [1.807, 2.05) is 0 Å². The minimum atomic E-state index is -1.13. The minimum absolute atomic E-state index is 0.0140. The van der Waals surface area contributed by atoms with Gasteiger partial charge in [-0.2, -0.15) is 0 Å². The Labute approximate surface area is 189 Å². The highest BCUT2D eigenvalue weighted by Crippen LogP contribution is 2.42. The van der Waals surface area contributed by atoms with Crippen molar-refractivity contribution >= 4 is 17.4 Å². The van der Waals surface area contributed by atoms with E-state index in [1.54, 1.807) is 36.7 Å². The molecule has 0 unspecified atom stereocenters. The van der Waals surface area contributed by atoms with Gasteiger partial charge in [-0.15, -0.1) is 0 Å². The Balaban J connectivity index is 1.89. The van der Waals surface area contributed by atoms with Gasteiger partial charge in [0.05, 0.1) is 25.8 Å². The predicted molar refractivity (Wildman–Crippen MR) is 118 cm³/mol. The topological polar surface area (TPSA) is 89.0 Å². The van der Waals surface area contributed by atoms with E-state index in [4.69, 9.17) is 9.47 Å². The second-order valence-corrected chi connectivity index (χ2v) is 7.38. The van der Waals surface area contributed by atoms with Crippen molar-refractivity contribution in [2.75, 3.05) is 14.2 Å². The lowest BCUT2D eigenvalue weighted by Crippen LogP contribution is -2.29. The lowest BCUT2D eigenvalue weighted by Gasteiger charge is -2.25. The van der Waals surface area contributed by atoms with Crippen LogP contribution in [0.2, 0.25) is 0 Å². The Morgan fingerprint density at radius 3 is 2.48 bits per heavy atom. The number of aromatic nitrogens is 1. The summed E-state index contributed by atoms with van der Waals surface area (Å²) >= 11 is 0. The molecule has 2 aromatic carbocycles. The number of carbonyl (C=O) groups is 2. The van der Waals surface area contributed by atoms with Gasteiger partial charge in [-0.3, -0.25) is 14.6 Å². The standard InChI is InChI=1S/C25H21FN2O5/c1-32-19-10-9-16(12-20(19)33-2)23(29)21-22(17-7-3-4-8-18(17)26)28(25(31)24(21)30)14-15-6-5-11-27-13-15/h3-13,22,29H,14H2,1-2H3/t22-/m1/s1. The summed E-state index contributed by atoms with van der Waals surface area (Å²) < 4.78 is 25.4. The zero-order valence-electron chi connectivity index (χ0n) is 18.0. The molecular weight excluding hydrogens is 427 g/mol. The maximum Gasteiger partial charge on any atom is 0.295 e. The van der Waals surface area contributed by atoms with Crippen LogP contribution in [-0.4, -0.2) is 40.9 Å². The van der Waals surface area contributed by atoms with Crippen LogP contribution < -0.4 is 9.47 Å². The number of methoxy groups -OCH3 is 2. The number of likely N-dealkylation sites (tertiary alicyclic amines) is 1. The largest absolute Gasteiger partial charge is 0.507 e. The summed E-state index contributed by atoms with van der Waals surface area (Å²) in [6.07, 6.45) is 3.15. The molecule has 8 heteroatoms. The first kappa shape index (κ1) is 22.0. The Morgan fingerprint density at radius 2 is 1.82 bits per heavy atom. The second kappa shape index (κ2) is 9.12. The predicted octanol–water partition coefficient (Wildman–Crippen LogP) is 3.86. The molecule has 0 bridgehead atoms. The van der Waals surface area contributed by atoms with Crippen LogP contribution >= 0.6 is 0 Å². The molecule has 1 saturated heterocycles. The maximum atomic E-state index is 14.9. The van der Waals surface area contributed by atoms with Crippen molar-refractivity contribution in [3.05, 3.63) is 95.1 Å². The first-order valence-corrected chi connectivity index (χ1v) is 10.1. The SMILES string of the molecule is COc1ccc(C(O)=C2C(=O)C(=O)N(Cc3cccnc3)[C@@H]2c2ccccc2F)cc1OC. The van der Waals surface area contributed by atoms with E-state index in [2.05, 4.69) is 4.98 Å². The highest BCUT2D eigenvalue weighted by Gasteiger charge is 2.47. The molecule has 1 aromatic heterocycles. The summed E-state index contributed by atoms with van der Waals surface area (Å²) in [5.74, 6) is -2.02. The minimum Gasteiger partial charge on any atom is -0.507 e. The van der Waals surface area contributed by atoms with Gasteiger partial charge in [0, 0.05) is 30.1 Å². The molecule has 4 rings (SSSR count). The smallest absolute Gasteiger partial charge is 0.295 e. The number of aliphatic hydroxyl groups excluding tert-OH is 1. The zero-order valence-corrected chi connectivity index (χ0v) is 18.0. The quantitative estimate of drug-likeness (QED) is 0.350. The van der Waals surface area contributed by atoms with Gasteiger partial charge in [-0.25, -0.2) is 4.39 Å². The number of Topliss-reactive ketones (excluding diaryl/α,β-unsaturated/α-hetero) is 1. The van der Waals surface area contributed by atoms with Crippen molar-refractivity contribution < 1.29 is 28.6 Å². The molecule has 0 spiro atoms. The van der Waals surface area contributed by atoms with E-state index in [-0.39, 0.29) is 23.2 Å². The van der Waals surface area contributed by atoms with Gasteiger partial charge in [-0.1, -0.05) is 24.3 Å². The third-order valence-corrected chi connectivity index (χ3v) is 5.47. The van der Waals surface area contributed by atoms with Gasteiger partial charge in [0.15, 0.2) is 11.5 Å². The van der Waals surface area contributed by atoms with Gasteiger partial charge >= 0.3 is 0 Å². The third-order valence-electron chi connectivity index (χ3n) is 5.47. The summed E-state index contributed by atoms with van der Waals surface area (Å²) in [5.41, 5.74) is 0.782. The number of hydrogen-bond donors (Lipinski definition) is 1. The van der Waals surface area contributed by atoms with Gasteiger partial charge < -0.3 is 19.5 Å². The highest BCUT2D eigenvalue weighted by molar-refractivity contribution is 6.46. The normalized spacial score (nSPS) is 17.3. The van der Waals surface area contributed by atoms with Crippen LogP contribution in [0.5, 0.6) is 11.5 Å². The Morgan fingerprint density at radius 1 is 1.06 bits per heavy atom. The van der Waals surface area contributed by atoms with Crippen LogP contribution in [0.4, 0.5) is 4.39 Å². The molecule has 0 aliphatic carbocycles. The van der Waals surface area contributed by atoms with Crippen LogP contribution in [0, 0.1) is 5.82 Å². The van der Waals surface area contributed by atoms with Crippen molar-refractivity contribution in [3.63, 3.8) is 0 Å². The highest BCUT2D eigenvalue weighted by atomic mass is 19.1. The monoisotopic (exact) mass is 448 g/mol. The molecular formula is C25H21FN2O5. The Bertz CT molecular complexity index is 1240. The van der Waals surface area contributed by atoms with Crippen LogP contribution in [0.1, 0.15) is 22.7 Å². The second-order valence-electron chi connectivity index (χ2n) is 7.38. The number of aliphatic hydroxyl groups is 1. The molecule has 1 N–H and O–H groups in total. The summed E-state index contributed by atoms with van der Waals surface area (Å²) in [6, 6.07) is 12.8. The first-order valence-electron chi connectivity index (χ1n) is 10.1. The number of hydrogen-bond acceptors (Lipinski definition) is 6. The van der Waals surface area contributed by atoms with Crippen molar-refractivity contribution in [2.45, 2.75) is 12.6 Å². The number of halogens is 1. The van der Waals surface area contributed by atoms with Crippen LogP contribution in [0.15, 0.2) is 72.6 Å². The fourth-order valence-corrected chi connectivity index (χ4v) is 3.89. The number of nitrogens with zero attached hydrogens (tertiary/aromatic N) is 2. The maximum absolute atomic E-state index is 14.9. The lowest BCUT2D eigenvalue weighted by molar-refractivity contribution is -0.140. The molecule has 168 valence electrons. The molecule has 2 heterocycles. The molecule has 1 atom stereocenters. The van der Waals surface area contributed by atoms with E-state index < -0.39 is 29.3 Å². The van der Waals surface area contributed by atoms with E-state index in [0.29, 0.717) is 17.1 Å². The number of pyridine rings is 1. The number of amides is 1. The summed E-state index contributed by atoms with van der Waals surface area (Å²) in [5, 5.41) is 11.1. The van der Waals surface area contributed by atoms with Gasteiger partial charge in [0.2, 0.25) is 0 Å². The van der Waals surface area contributed by atoms with Crippen molar-refractivity contribution in [3.8, 4) is 11.5 Å². The first-order chi connectivity index (χ1) is 16.0. The van der Waals surface area contributed by atoms with Crippen LogP contribution in [0.25, 0.3) is 5.76 Å². The van der Waals surface area contributed by atoms with Gasteiger partial charge in [0.1, 0.15) is 11.6 Å². The molecule has 0 radical (unpaired) electrons. The molecule has 1 fully saturated rings. The molecule has 1 aliphatic rings. The fraction of sp³-hybridized carbons (Fsp3) is 0.160. The van der Waals surface area contributed by atoms with Crippen molar-refractivity contribution in [2.24, 2.45) is 0 Å². The number of ether oxygens (including phenoxy) is 2. The molecule has 7 nitrogen and oxygen atoms in total. The van der Waals surface area contributed by atoms with E-state index >= 15 is 0 Å². The molecule has 1 aliphatic heterocycles. The summed E-state index contributed by atoms with van der Waals surface area (Å²) in [7, 11) is 2.91. The average molecular weight is 448 g/mol. The molecule has 3 aromatic rings. The van der Waals surface area contributed by atoms with Crippen molar-refractivity contribution in [1.29, 1.82) is 0 Å². The van der Waals surface area contributed by atoms with Gasteiger partial charge in [0.25, 0.3) is 11.7 Å². The Kier molecular flexibility index (Phi) is 6.08. The van der Waals surface area contributed by atoms with Crippen LogP contribution in [0.3, 0.4) is 0 Å². The summed E-state index contributed by atoms with van der Waals surface area (Å²) in [6.45, 7) is 0.0140. The van der Waals surface area contributed by atoms with Crippen LogP contribution in [-0.2, 0) is 16.1 Å². The number of benzene rings is 2.